The molecule has 1 N–H and O–H groups in total. The summed E-state index contributed by atoms with van der Waals surface area (Å²) in [6, 6.07) is 5.00. The quantitative estimate of drug-likeness (QED) is 0.919. The average molecular weight is 292 g/mol. The number of rotatable bonds is 3. The maximum Gasteiger partial charge on any atom is 0.157 e. The third-order valence-corrected chi connectivity index (χ3v) is 5.56. The number of amidine groups is 1. The summed E-state index contributed by atoms with van der Waals surface area (Å²) in [5.41, 5.74) is 2.55. The zero-order chi connectivity index (χ0) is 14.0. The van der Waals surface area contributed by atoms with Crippen molar-refractivity contribution in [3.05, 3.63) is 35.1 Å². The summed E-state index contributed by atoms with van der Waals surface area (Å²) in [4.78, 5) is 4.68. The van der Waals surface area contributed by atoms with Crippen molar-refractivity contribution >= 4 is 16.9 Å². The number of nitrogens with zero attached hydrogens (tertiary/aromatic N) is 1. The van der Waals surface area contributed by atoms with Crippen LogP contribution >= 0.6 is 11.8 Å². The molecule has 1 aliphatic heterocycles. The molecule has 1 aliphatic carbocycles. The molecule has 1 heterocycles. The molecule has 20 heavy (non-hydrogen) atoms. The minimum atomic E-state index is -0.159. The van der Waals surface area contributed by atoms with E-state index in [9.17, 15) is 4.39 Å². The monoisotopic (exact) mass is 292 g/mol. The van der Waals surface area contributed by atoms with Crippen LogP contribution in [-0.4, -0.2) is 23.0 Å². The summed E-state index contributed by atoms with van der Waals surface area (Å²) in [6.45, 7) is 2.74. The summed E-state index contributed by atoms with van der Waals surface area (Å²) in [7, 11) is 0. The standard InChI is InChI=1S/C16H21FN2S/c1-12-10-14(17)5-4-13(12)6-9-18-15-19-16(11-20-15)7-2-3-8-16/h4-5,10H,2-3,6-9,11H2,1H3,(H,18,19). The fourth-order valence-electron chi connectivity index (χ4n) is 3.13. The molecule has 0 bridgehead atoms. The number of nitrogens with one attached hydrogen (secondary N) is 1. The minimum absolute atomic E-state index is 0.159. The van der Waals surface area contributed by atoms with Crippen LogP contribution in [0, 0.1) is 12.7 Å². The van der Waals surface area contributed by atoms with Gasteiger partial charge in [-0.3, -0.25) is 4.99 Å². The molecule has 2 aliphatic rings. The Labute approximate surface area is 124 Å². The van der Waals surface area contributed by atoms with Crippen LogP contribution in [0.25, 0.3) is 0 Å². The molecule has 0 aromatic heterocycles. The van der Waals surface area contributed by atoms with Gasteiger partial charge in [0.25, 0.3) is 0 Å². The van der Waals surface area contributed by atoms with Crippen LogP contribution in [0.15, 0.2) is 23.2 Å². The Balaban J connectivity index is 1.56. The highest BCUT2D eigenvalue weighted by atomic mass is 32.2. The van der Waals surface area contributed by atoms with Gasteiger partial charge in [-0.2, -0.15) is 0 Å². The van der Waals surface area contributed by atoms with Crippen LogP contribution in [0.4, 0.5) is 4.39 Å². The van der Waals surface area contributed by atoms with Gasteiger partial charge >= 0.3 is 0 Å². The maximum atomic E-state index is 13.0. The Hall–Kier alpha value is -1.03. The first kappa shape index (κ1) is 13.9. The number of aliphatic imine (C=N–C) groups is 1. The lowest BCUT2D eigenvalue weighted by Crippen LogP contribution is -2.40. The van der Waals surface area contributed by atoms with E-state index in [2.05, 4.69) is 10.3 Å². The maximum absolute atomic E-state index is 13.0. The molecule has 2 fully saturated rings. The molecule has 0 atom stereocenters. The molecule has 1 spiro atoms. The van der Waals surface area contributed by atoms with E-state index in [1.54, 1.807) is 6.07 Å². The third kappa shape index (κ3) is 3.00. The molecular weight excluding hydrogens is 271 g/mol. The van der Waals surface area contributed by atoms with Crippen LogP contribution in [-0.2, 0) is 6.42 Å². The van der Waals surface area contributed by atoms with Crippen molar-refractivity contribution in [1.82, 2.24) is 5.32 Å². The molecule has 3 rings (SSSR count). The van der Waals surface area contributed by atoms with Crippen molar-refractivity contribution in [2.24, 2.45) is 4.99 Å². The highest BCUT2D eigenvalue weighted by molar-refractivity contribution is 8.14. The Bertz CT molecular complexity index is 521. The SMILES string of the molecule is Cc1cc(F)ccc1CCN=C1NC2(CCCC2)CS1. The van der Waals surface area contributed by atoms with Crippen LogP contribution in [0.1, 0.15) is 36.8 Å². The van der Waals surface area contributed by atoms with Crippen molar-refractivity contribution in [1.29, 1.82) is 0 Å². The van der Waals surface area contributed by atoms with E-state index in [4.69, 9.17) is 0 Å². The summed E-state index contributed by atoms with van der Waals surface area (Å²) in [5, 5.41) is 4.73. The lowest BCUT2D eigenvalue weighted by Gasteiger charge is -2.21. The fraction of sp³-hybridized carbons (Fsp3) is 0.562. The first-order valence-electron chi connectivity index (χ1n) is 7.37. The van der Waals surface area contributed by atoms with Gasteiger partial charge in [0.2, 0.25) is 0 Å². The van der Waals surface area contributed by atoms with E-state index >= 15 is 0 Å². The van der Waals surface area contributed by atoms with Crippen molar-refractivity contribution < 1.29 is 4.39 Å². The molecular formula is C16H21FN2S. The Morgan fingerprint density at radius 3 is 2.90 bits per heavy atom. The molecule has 1 aromatic carbocycles. The second-order valence-corrected chi connectivity index (χ2v) is 6.87. The second-order valence-electron chi connectivity index (χ2n) is 5.91. The number of aryl methyl sites for hydroxylation is 1. The van der Waals surface area contributed by atoms with Crippen LogP contribution < -0.4 is 5.32 Å². The van der Waals surface area contributed by atoms with Gasteiger partial charge in [0.15, 0.2) is 5.17 Å². The lowest BCUT2D eigenvalue weighted by atomic mass is 10.0. The number of thioether (sulfide) groups is 1. The van der Waals surface area contributed by atoms with Crippen molar-refractivity contribution in [3.63, 3.8) is 0 Å². The van der Waals surface area contributed by atoms with Crippen molar-refractivity contribution in [2.75, 3.05) is 12.3 Å². The molecule has 2 nitrogen and oxygen atoms in total. The van der Waals surface area contributed by atoms with Crippen LogP contribution in [0.5, 0.6) is 0 Å². The fourth-order valence-corrected chi connectivity index (χ4v) is 4.37. The summed E-state index contributed by atoms with van der Waals surface area (Å²) in [5.74, 6) is 1.01. The highest BCUT2D eigenvalue weighted by Crippen LogP contribution is 2.37. The van der Waals surface area contributed by atoms with Gasteiger partial charge in [0.1, 0.15) is 5.82 Å². The molecule has 4 heteroatoms. The number of hydrogen-bond acceptors (Lipinski definition) is 2. The second kappa shape index (κ2) is 5.76. The van der Waals surface area contributed by atoms with Gasteiger partial charge in [-0.15, -0.1) is 0 Å². The summed E-state index contributed by atoms with van der Waals surface area (Å²) >= 11 is 1.86. The zero-order valence-electron chi connectivity index (χ0n) is 11.9. The van der Waals surface area contributed by atoms with Gasteiger partial charge in [-0.25, -0.2) is 4.39 Å². The largest absolute Gasteiger partial charge is 0.359 e. The van der Waals surface area contributed by atoms with Gasteiger partial charge in [-0.05, 0) is 49.4 Å². The number of halogens is 1. The topological polar surface area (TPSA) is 24.4 Å². The van der Waals surface area contributed by atoms with Gasteiger partial charge < -0.3 is 5.32 Å². The minimum Gasteiger partial charge on any atom is -0.359 e. The third-order valence-electron chi connectivity index (χ3n) is 4.36. The first-order chi connectivity index (χ1) is 9.67. The molecule has 108 valence electrons. The molecule has 0 amide bonds. The number of hydrogen-bond donors (Lipinski definition) is 1. The number of benzene rings is 1. The highest BCUT2D eigenvalue weighted by Gasteiger charge is 2.39. The van der Waals surface area contributed by atoms with Crippen molar-refractivity contribution in [2.45, 2.75) is 44.6 Å². The van der Waals surface area contributed by atoms with E-state index in [0.717, 1.165) is 23.7 Å². The van der Waals surface area contributed by atoms with E-state index in [0.29, 0.717) is 5.54 Å². The smallest absolute Gasteiger partial charge is 0.157 e. The van der Waals surface area contributed by atoms with Gasteiger partial charge in [0.05, 0.1) is 0 Å². The van der Waals surface area contributed by atoms with Crippen LogP contribution in [0.3, 0.4) is 0 Å². The average Bonchev–Trinajstić information content (AvgIpc) is 3.03. The first-order valence-corrected chi connectivity index (χ1v) is 8.36. The Morgan fingerprint density at radius 2 is 2.15 bits per heavy atom. The van der Waals surface area contributed by atoms with E-state index in [1.165, 1.54) is 43.1 Å². The normalized spacial score (nSPS) is 22.6. The van der Waals surface area contributed by atoms with E-state index in [-0.39, 0.29) is 5.82 Å². The molecule has 1 saturated carbocycles. The van der Waals surface area contributed by atoms with Crippen molar-refractivity contribution in [3.8, 4) is 0 Å². The van der Waals surface area contributed by atoms with Gasteiger partial charge in [-0.1, -0.05) is 30.7 Å². The Morgan fingerprint density at radius 1 is 1.35 bits per heavy atom. The van der Waals surface area contributed by atoms with E-state index in [1.807, 2.05) is 24.8 Å². The molecule has 0 radical (unpaired) electrons. The Kier molecular flexibility index (Phi) is 4.01. The predicted molar refractivity (Wildman–Crippen MR) is 83.9 cm³/mol. The summed E-state index contributed by atoms with van der Waals surface area (Å²) in [6.07, 6.45) is 6.14. The molecule has 0 unspecified atom stereocenters. The van der Waals surface area contributed by atoms with Crippen LogP contribution in [0.2, 0.25) is 0 Å². The molecule has 1 aromatic rings. The molecule has 1 saturated heterocycles. The summed E-state index contributed by atoms with van der Waals surface area (Å²) < 4.78 is 13.0. The van der Waals surface area contributed by atoms with Gasteiger partial charge in [0, 0.05) is 17.8 Å². The predicted octanol–water partition coefficient (Wildman–Crippen LogP) is 3.68. The lowest BCUT2D eigenvalue weighted by molar-refractivity contribution is 0.452. The zero-order valence-corrected chi connectivity index (χ0v) is 12.7. The van der Waals surface area contributed by atoms with E-state index < -0.39 is 0 Å².